The molecule has 0 aliphatic carbocycles. The van der Waals surface area contributed by atoms with Crippen molar-refractivity contribution in [3.8, 4) is 0 Å². The maximum absolute atomic E-state index is 13.7. The van der Waals surface area contributed by atoms with Crippen LogP contribution < -0.4 is 4.90 Å². The van der Waals surface area contributed by atoms with Crippen molar-refractivity contribution in [2.24, 2.45) is 0 Å². The highest BCUT2D eigenvalue weighted by Crippen LogP contribution is 2.30. The first-order valence-electron chi connectivity index (χ1n) is 10.8. The van der Waals surface area contributed by atoms with Crippen LogP contribution in [-0.4, -0.2) is 53.8 Å². The molecule has 2 heterocycles. The van der Waals surface area contributed by atoms with Crippen molar-refractivity contribution in [1.29, 1.82) is 0 Å². The lowest BCUT2D eigenvalue weighted by Crippen LogP contribution is -2.57. The van der Waals surface area contributed by atoms with E-state index in [0.29, 0.717) is 11.4 Å². The number of sulfonamides is 1. The topological polar surface area (TPSA) is 83.9 Å². The molecule has 0 amide bonds. The molecular formula is C24H27FN2O4S3. The summed E-state index contributed by atoms with van der Waals surface area (Å²) in [5.74, 6) is -0.317. The van der Waals surface area contributed by atoms with Crippen LogP contribution in [0.1, 0.15) is 19.4 Å². The van der Waals surface area contributed by atoms with Gasteiger partial charge in [0, 0.05) is 31.4 Å². The average Bonchev–Trinajstić information content (AvgIpc) is 3.34. The van der Waals surface area contributed by atoms with Gasteiger partial charge in [-0.3, -0.25) is 0 Å². The first kappa shape index (κ1) is 25.2. The van der Waals surface area contributed by atoms with Crippen molar-refractivity contribution >= 4 is 38.2 Å². The molecule has 3 aromatic rings. The Balaban J connectivity index is 1.62. The fourth-order valence-electron chi connectivity index (χ4n) is 4.01. The molecule has 0 spiro atoms. The summed E-state index contributed by atoms with van der Waals surface area (Å²) >= 11 is -0.354. The largest absolute Gasteiger partial charge is 0.611 e. The van der Waals surface area contributed by atoms with Crippen molar-refractivity contribution < 1.29 is 22.5 Å². The number of rotatable bonds is 7. The highest BCUT2D eigenvalue weighted by atomic mass is 32.2. The number of anilines is 1. The Morgan fingerprint density at radius 1 is 1.15 bits per heavy atom. The van der Waals surface area contributed by atoms with Gasteiger partial charge in [-0.15, -0.1) is 11.3 Å². The minimum atomic E-state index is -3.66. The van der Waals surface area contributed by atoms with Crippen molar-refractivity contribution in [2.75, 3.05) is 30.3 Å². The zero-order valence-corrected chi connectivity index (χ0v) is 21.4. The molecule has 0 bridgehead atoms. The van der Waals surface area contributed by atoms with Gasteiger partial charge in [0.05, 0.1) is 11.6 Å². The van der Waals surface area contributed by atoms with Crippen molar-refractivity contribution in [3.05, 3.63) is 77.4 Å². The molecule has 1 N–H and O–H groups in total. The second kappa shape index (κ2) is 9.96. The van der Waals surface area contributed by atoms with Gasteiger partial charge in [0.1, 0.15) is 15.8 Å². The van der Waals surface area contributed by atoms with Gasteiger partial charge in [0.2, 0.25) is 0 Å². The van der Waals surface area contributed by atoms with Crippen LogP contribution in [0.5, 0.6) is 0 Å². The number of piperazine rings is 1. The summed E-state index contributed by atoms with van der Waals surface area (Å²) in [6.45, 7) is 4.28. The third kappa shape index (κ3) is 5.48. The molecule has 10 heteroatoms. The highest BCUT2D eigenvalue weighted by Gasteiger charge is 2.37. The SMILES string of the molecule is CC(C)(O)c1ccc(N2CCN(S(=O)(=O)c3cccs3)C[C@@H]2C[S@@+]([O-])c2cccc(F)c2)cc1. The molecule has 0 unspecified atom stereocenters. The van der Waals surface area contributed by atoms with E-state index >= 15 is 0 Å². The van der Waals surface area contributed by atoms with Gasteiger partial charge < -0.3 is 14.6 Å². The number of hydrogen-bond acceptors (Lipinski definition) is 6. The molecule has 1 aromatic heterocycles. The molecule has 1 saturated heterocycles. The van der Waals surface area contributed by atoms with Gasteiger partial charge in [-0.05, 0) is 66.3 Å². The zero-order valence-electron chi connectivity index (χ0n) is 18.9. The van der Waals surface area contributed by atoms with E-state index in [1.807, 2.05) is 29.2 Å². The highest BCUT2D eigenvalue weighted by molar-refractivity contribution is 7.91. The summed E-state index contributed by atoms with van der Waals surface area (Å²) in [6, 6.07) is 16.0. The lowest BCUT2D eigenvalue weighted by Gasteiger charge is -2.41. The lowest BCUT2D eigenvalue weighted by molar-refractivity contribution is 0.0786. The number of aliphatic hydroxyl groups is 1. The van der Waals surface area contributed by atoms with E-state index in [1.165, 1.54) is 33.8 Å². The third-order valence-corrected chi connectivity index (χ3v) is 10.5. The van der Waals surface area contributed by atoms with Gasteiger partial charge in [-0.25, -0.2) is 12.8 Å². The predicted molar refractivity (Wildman–Crippen MR) is 134 cm³/mol. The maximum atomic E-state index is 13.7. The second-order valence-corrected chi connectivity index (χ2v) is 13.3. The lowest BCUT2D eigenvalue weighted by atomic mass is 9.98. The molecule has 1 aliphatic heterocycles. The molecule has 182 valence electrons. The molecule has 0 saturated carbocycles. The Kier molecular flexibility index (Phi) is 7.37. The summed E-state index contributed by atoms with van der Waals surface area (Å²) in [6.07, 6.45) is 0. The van der Waals surface area contributed by atoms with Crippen LogP contribution in [0.2, 0.25) is 0 Å². The predicted octanol–water partition coefficient (Wildman–Crippen LogP) is 3.80. The number of halogens is 1. The number of benzene rings is 2. The molecule has 34 heavy (non-hydrogen) atoms. The molecule has 6 nitrogen and oxygen atoms in total. The van der Waals surface area contributed by atoms with Gasteiger partial charge in [-0.2, -0.15) is 4.31 Å². The Hall–Kier alpha value is -1.95. The van der Waals surface area contributed by atoms with Crippen LogP contribution in [-0.2, 0) is 26.8 Å². The first-order valence-corrected chi connectivity index (χ1v) is 14.5. The number of hydrogen-bond donors (Lipinski definition) is 1. The fourth-order valence-corrected chi connectivity index (χ4v) is 7.92. The van der Waals surface area contributed by atoms with Gasteiger partial charge in [0.25, 0.3) is 10.0 Å². The maximum Gasteiger partial charge on any atom is 0.252 e. The number of thiophene rings is 1. The smallest absolute Gasteiger partial charge is 0.252 e. The van der Waals surface area contributed by atoms with E-state index in [2.05, 4.69) is 0 Å². The van der Waals surface area contributed by atoms with Crippen LogP contribution in [0, 0.1) is 5.82 Å². The van der Waals surface area contributed by atoms with E-state index in [1.54, 1.807) is 37.4 Å². The third-order valence-electron chi connectivity index (χ3n) is 5.84. The number of nitrogens with zero attached hydrogens (tertiary/aromatic N) is 2. The Bertz CT molecular complexity index is 1210. The van der Waals surface area contributed by atoms with Crippen LogP contribution in [0.4, 0.5) is 10.1 Å². The van der Waals surface area contributed by atoms with Crippen LogP contribution in [0.3, 0.4) is 0 Å². The summed E-state index contributed by atoms with van der Waals surface area (Å²) < 4.78 is 54.9. The van der Waals surface area contributed by atoms with E-state index in [0.717, 1.165) is 11.3 Å². The monoisotopic (exact) mass is 522 g/mol. The van der Waals surface area contributed by atoms with Crippen LogP contribution in [0.25, 0.3) is 0 Å². The minimum absolute atomic E-state index is 0.146. The van der Waals surface area contributed by atoms with Crippen molar-refractivity contribution in [2.45, 2.75) is 34.6 Å². The van der Waals surface area contributed by atoms with E-state index in [-0.39, 0.29) is 29.1 Å². The standard InChI is InChI=1S/C24H27FN2O4S3/c1-24(2,28)18-8-10-20(11-9-18)27-13-12-26(34(30,31)23-7-4-14-32-23)16-21(27)17-33(29)22-6-3-5-19(25)15-22/h3-11,14-15,21,28H,12-13,16-17H2,1-2H3/t21-,33-/m1/s1. The summed E-state index contributed by atoms with van der Waals surface area (Å²) in [5.41, 5.74) is 0.627. The second-order valence-electron chi connectivity index (χ2n) is 8.72. The van der Waals surface area contributed by atoms with Crippen LogP contribution >= 0.6 is 11.3 Å². The molecule has 1 fully saturated rings. The summed E-state index contributed by atoms with van der Waals surface area (Å²) in [4.78, 5) is 2.42. The first-order chi connectivity index (χ1) is 16.1. The fraction of sp³-hybridized carbons (Fsp3) is 0.333. The Morgan fingerprint density at radius 3 is 2.50 bits per heavy atom. The molecule has 2 atom stereocenters. The minimum Gasteiger partial charge on any atom is -0.611 e. The van der Waals surface area contributed by atoms with Gasteiger partial charge in [0.15, 0.2) is 4.90 Å². The summed E-state index contributed by atoms with van der Waals surface area (Å²) in [5, 5.41) is 12.0. The van der Waals surface area contributed by atoms with Crippen molar-refractivity contribution in [1.82, 2.24) is 4.31 Å². The van der Waals surface area contributed by atoms with Crippen LogP contribution in [0.15, 0.2) is 75.1 Å². The average molecular weight is 523 g/mol. The normalized spacial score (nSPS) is 18.7. The molecule has 2 aromatic carbocycles. The van der Waals surface area contributed by atoms with E-state index in [9.17, 15) is 22.5 Å². The van der Waals surface area contributed by atoms with Gasteiger partial charge in [-0.1, -0.05) is 24.3 Å². The summed E-state index contributed by atoms with van der Waals surface area (Å²) in [7, 11) is -3.66. The van der Waals surface area contributed by atoms with E-state index < -0.39 is 32.6 Å². The quantitative estimate of drug-likeness (QED) is 0.477. The molecule has 1 aliphatic rings. The Labute approximate surface area is 206 Å². The Morgan fingerprint density at radius 2 is 1.88 bits per heavy atom. The molecular weight excluding hydrogens is 495 g/mol. The van der Waals surface area contributed by atoms with Crippen molar-refractivity contribution in [3.63, 3.8) is 0 Å². The molecule has 4 rings (SSSR count). The molecule has 0 radical (unpaired) electrons. The van der Waals surface area contributed by atoms with Gasteiger partial charge >= 0.3 is 0 Å². The zero-order chi connectivity index (χ0) is 24.5. The van der Waals surface area contributed by atoms with E-state index in [4.69, 9.17) is 0 Å².